The summed E-state index contributed by atoms with van der Waals surface area (Å²) < 4.78 is 77.5. The van der Waals surface area contributed by atoms with Crippen molar-refractivity contribution in [3.05, 3.63) is 95.1 Å². The van der Waals surface area contributed by atoms with E-state index in [-0.39, 0.29) is 12.1 Å². The molecule has 8 heteroatoms. The van der Waals surface area contributed by atoms with Gasteiger partial charge in [0.1, 0.15) is 0 Å². The number of alkyl halides is 6. The van der Waals surface area contributed by atoms with Crippen molar-refractivity contribution in [2.75, 3.05) is 10.6 Å². The van der Waals surface area contributed by atoms with Crippen molar-refractivity contribution in [2.45, 2.75) is 30.9 Å². The Balaban J connectivity index is 1.67. The normalized spacial score (nSPS) is 19.0. The van der Waals surface area contributed by atoms with Gasteiger partial charge < -0.3 is 10.6 Å². The Morgan fingerprint density at radius 1 is 0.548 bits per heavy atom. The second-order valence-electron chi connectivity index (χ2n) is 7.41. The average Bonchev–Trinajstić information content (AvgIpc) is 2.92. The van der Waals surface area contributed by atoms with E-state index in [2.05, 4.69) is 10.6 Å². The molecule has 0 bridgehead atoms. The molecule has 31 heavy (non-hydrogen) atoms. The molecule has 162 valence electrons. The molecular formula is C23H18F6N2. The molecule has 0 saturated heterocycles. The first kappa shape index (κ1) is 21.1. The maximum Gasteiger partial charge on any atom is 0.416 e. The summed E-state index contributed by atoms with van der Waals surface area (Å²) in [7, 11) is 0. The Labute approximate surface area is 174 Å². The summed E-state index contributed by atoms with van der Waals surface area (Å²) in [4.78, 5) is 0. The zero-order valence-electron chi connectivity index (χ0n) is 16.1. The Morgan fingerprint density at radius 2 is 0.903 bits per heavy atom. The molecule has 0 fully saturated rings. The van der Waals surface area contributed by atoms with Crippen LogP contribution in [0.25, 0.3) is 0 Å². The van der Waals surface area contributed by atoms with Crippen LogP contribution in [0.2, 0.25) is 0 Å². The smallest absolute Gasteiger partial charge is 0.376 e. The fourth-order valence-corrected chi connectivity index (χ4v) is 3.71. The van der Waals surface area contributed by atoms with Gasteiger partial charge in [-0.1, -0.05) is 36.4 Å². The van der Waals surface area contributed by atoms with Crippen LogP contribution in [0.3, 0.4) is 0 Å². The molecule has 2 unspecified atom stereocenters. The van der Waals surface area contributed by atoms with Gasteiger partial charge in [-0.25, -0.2) is 0 Å². The number of halogens is 6. The van der Waals surface area contributed by atoms with Gasteiger partial charge in [0.15, 0.2) is 0 Å². The van der Waals surface area contributed by atoms with E-state index >= 15 is 0 Å². The highest BCUT2D eigenvalue weighted by atomic mass is 19.4. The number of rotatable bonds is 2. The van der Waals surface area contributed by atoms with Gasteiger partial charge in [0.2, 0.25) is 0 Å². The summed E-state index contributed by atoms with van der Waals surface area (Å²) in [6, 6.07) is 16.5. The minimum Gasteiger partial charge on any atom is -0.376 e. The average molecular weight is 436 g/mol. The monoisotopic (exact) mass is 436 g/mol. The third kappa shape index (κ3) is 4.62. The van der Waals surface area contributed by atoms with E-state index in [1.807, 2.05) is 24.3 Å². The second kappa shape index (κ2) is 7.83. The van der Waals surface area contributed by atoms with Crippen LogP contribution in [-0.4, -0.2) is 0 Å². The van der Waals surface area contributed by atoms with Gasteiger partial charge >= 0.3 is 12.4 Å². The van der Waals surface area contributed by atoms with E-state index in [4.69, 9.17) is 0 Å². The van der Waals surface area contributed by atoms with Crippen molar-refractivity contribution in [3.63, 3.8) is 0 Å². The molecule has 0 amide bonds. The Morgan fingerprint density at radius 3 is 1.23 bits per heavy atom. The number of para-hydroxylation sites is 2. The van der Waals surface area contributed by atoms with Gasteiger partial charge in [-0.15, -0.1) is 0 Å². The molecule has 3 aromatic rings. The molecule has 2 N–H and O–H groups in total. The molecular weight excluding hydrogens is 418 g/mol. The highest BCUT2D eigenvalue weighted by Gasteiger charge is 2.32. The third-order valence-corrected chi connectivity index (χ3v) is 5.34. The summed E-state index contributed by atoms with van der Waals surface area (Å²) in [6.45, 7) is 0. The van der Waals surface area contributed by atoms with E-state index in [9.17, 15) is 26.3 Å². The number of benzene rings is 3. The number of hydrogen-bond acceptors (Lipinski definition) is 2. The van der Waals surface area contributed by atoms with Crippen molar-refractivity contribution in [1.82, 2.24) is 0 Å². The van der Waals surface area contributed by atoms with Gasteiger partial charge in [0.25, 0.3) is 0 Å². The van der Waals surface area contributed by atoms with Crippen LogP contribution in [0, 0.1) is 0 Å². The number of anilines is 2. The maximum atomic E-state index is 12.9. The van der Waals surface area contributed by atoms with Crippen molar-refractivity contribution in [1.29, 1.82) is 0 Å². The van der Waals surface area contributed by atoms with Crippen molar-refractivity contribution >= 4 is 11.4 Å². The number of fused-ring (bicyclic) bond motifs is 1. The Kier molecular flexibility index (Phi) is 5.33. The molecule has 3 aromatic carbocycles. The Bertz CT molecular complexity index is 955. The van der Waals surface area contributed by atoms with Crippen molar-refractivity contribution in [3.8, 4) is 0 Å². The fourth-order valence-electron chi connectivity index (χ4n) is 3.71. The number of hydrogen-bond donors (Lipinski definition) is 2. The summed E-state index contributed by atoms with van der Waals surface area (Å²) in [5, 5.41) is 6.69. The van der Waals surface area contributed by atoms with Crippen molar-refractivity contribution < 1.29 is 26.3 Å². The highest BCUT2D eigenvalue weighted by Crippen LogP contribution is 2.40. The lowest BCUT2D eigenvalue weighted by molar-refractivity contribution is -0.138. The molecule has 2 nitrogen and oxygen atoms in total. The molecule has 4 rings (SSSR count). The predicted octanol–water partition coefficient (Wildman–Crippen LogP) is 7.43. The first-order valence-electron chi connectivity index (χ1n) is 9.58. The molecule has 0 spiro atoms. The largest absolute Gasteiger partial charge is 0.416 e. The molecule has 1 heterocycles. The van der Waals surface area contributed by atoms with Gasteiger partial charge in [-0.2, -0.15) is 26.3 Å². The third-order valence-electron chi connectivity index (χ3n) is 5.34. The quantitative estimate of drug-likeness (QED) is 0.408. The molecule has 1 aliphatic heterocycles. The van der Waals surface area contributed by atoms with Crippen LogP contribution >= 0.6 is 0 Å². The summed E-state index contributed by atoms with van der Waals surface area (Å²) in [6.07, 6.45) is -8.43. The molecule has 0 saturated carbocycles. The van der Waals surface area contributed by atoms with Crippen LogP contribution in [0.15, 0.2) is 72.8 Å². The molecule has 0 aromatic heterocycles. The fraction of sp³-hybridized carbons (Fsp3) is 0.217. The first-order chi connectivity index (χ1) is 14.6. The lowest BCUT2D eigenvalue weighted by atomic mass is 9.94. The second-order valence-corrected chi connectivity index (χ2v) is 7.41. The van der Waals surface area contributed by atoms with Crippen LogP contribution in [0.4, 0.5) is 37.7 Å². The summed E-state index contributed by atoms with van der Waals surface area (Å²) >= 11 is 0. The van der Waals surface area contributed by atoms with E-state index < -0.39 is 23.5 Å². The van der Waals surface area contributed by atoms with Crippen LogP contribution in [0.1, 0.15) is 40.8 Å². The van der Waals surface area contributed by atoms with Gasteiger partial charge in [0, 0.05) is 0 Å². The van der Waals surface area contributed by atoms with Gasteiger partial charge in [0.05, 0.1) is 34.6 Å². The minimum atomic E-state index is -4.42. The zero-order valence-corrected chi connectivity index (χ0v) is 16.1. The van der Waals surface area contributed by atoms with E-state index in [1.165, 1.54) is 24.3 Å². The van der Waals surface area contributed by atoms with E-state index in [1.54, 1.807) is 0 Å². The highest BCUT2D eigenvalue weighted by molar-refractivity contribution is 5.71. The Hall–Kier alpha value is -3.16. The molecule has 0 radical (unpaired) electrons. The zero-order chi connectivity index (χ0) is 22.2. The first-order valence-corrected chi connectivity index (χ1v) is 9.58. The lowest BCUT2D eigenvalue weighted by Crippen LogP contribution is -2.16. The SMILES string of the molecule is FC(F)(F)c1ccc(C2CC(c3ccc(C(F)(F)F)cc3)Nc3ccccc3N2)cc1. The molecule has 0 aliphatic carbocycles. The summed E-state index contributed by atoms with van der Waals surface area (Å²) in [5.74, 6) is 0. The molecule has 1 aliphatic rings. The van der Waals surface area contributed by atoms with Crippen LogP contribution in [-0.2, 0) is 12.4 Å². The maximum absolute atomic E-state index is 12.9. The van der Waals surface area contributed by atoms with Gasteiger partial charge in [-0.3, -0.25) is 0 Å². The minimum absolute atomic E-state index is 0.342. The van der Waals surface area contributed by atoms with E-state index in [0.717, 1.165) is 35.6 Å². The standard InChI is InChI=1S/C23H18F6N2/c24-22(25,26)16-9-5-14(6-10-16)20-13-21(31-19-4-2-1-3-18(19)30-20)15-7-11-17(12-8-15)23(27,28)29/h1-12,20-21,30-31H,13H2. The molecule has 2 atom stereocenters. The number of nitrogens with one attached hydrogen (secondary N) is 2. The topological polar surface area (TPSA) is 24.1 Å². The van der Waals surface area contributed by atoms with Crippen LogP contribution < -0.4 is 10.6 Å². The lowest BCUT2D eigenvalue weighted by Gasteiger charge is -2.23. The van der Waals surface area contributed by atoms with E-state index in [0.29, 0.717) is 17.5 Å². The van der Waals surface area contributed by atoms with Crippen molar-refractivity contribution in [2.24, 2.45) is 0 Å². The van der Waals surface area contributed by atoms with Crippen LogP contribution in [0.5, 0.6) is 0 Å². The van der Waals surface area contributed by atoms with Gasteiger partial charge in [-0.05, 0) is 53.9 Å². The predicted molar refractivity (Wildman–Crippen MR) is 107 cm³/mol. The summed E-state index contributed by atoms with van der Waals surface area (Å²) in [5.41, 5.74) is 1.38.